The normalized spacial score (nSPS) is 12.4. The molecule has 1 nitrogen and oxygen atoms in total. The van der Waals surface area contributed by atoms with Gasteiger partial charge in [-0.3, -0.25) is 0 Å². The number of benzene rings is 2. The van der Waals surface area contributed by atoms with Crippen LogP contribution in [-0.2, 0) is 6.54 Å². The van der Waals surface area contributed by atoms with E-state index >= 15 is 0 Å². The summed E-state index contributed by atoms with van der Waals surface area (Å²) in [5, 5.41) is 4.07. The van der Waals surface area contributed by atoms with Gasteiger partial charge in [0.15, 0.2) is 0 Å². The molecule has 1 N–H and O–H groups in total. The van der Waals surface area contributed by atoms with E-state index in [0.29, 0.717) is 17.1 Å². The Labute approximate surface area is 132 Å². The van der Waals surface area contributed by atoms with Gasteiger partial charge in [0.1, 0.15) is 5.82 Å². The Morgan fingerprint density at radius 2 is 2.00 bits per heavy atom. The second-order valence-corrected chi connectivity index (χ2v) is 6.17. The zero-order chi connectivity index (χ0) is 14.7. The molecule has 0 saturated carbocycles. The minimum absolute atomic E-state index is 0.0600. The van der Waals surface area contributed by atoms with Crippen LogP contribution in [0.1, 0.15) is 29.7 Å². The number of hydrogen-bond acceptors (Lipinski definition) is 1. The van der Waals surface area contributed by atoms with Gasteiger partial charge in [-0.15, -0.1) is 0 Å². The summed E-state index contributed by atoms with van der Waals surface area (Å²) in [4.78, 5) is 0. The van der Waals surface area contributed by atoms with Gasteiger partial charge in [-0.2, -0.15) is 0 Å². The van der Waals surface area contributed by atoms with Crippen LogP contribution in [0.25, 0.3) is 0 Å². The first kappa shape index (κ1) is 15.5. The third-order valence-electron chi connectivity index (χ3n) is 3.31. The number of hydrogen-bond donors (Lipinski definition) is 1. The number of aryl methyl sites for hydroxylation is 1. The molecular weight excluding hydrogens is 341 g/mol. The summed E-state index contributed by atoms with van der Waals surface area (Å²) in [6, 6.07) is 11.2. The Hall–Kier alpha value is -0.900. The lowest BCUT2D eigenvalue weighted by Gasteiger charge is -2.15. The second-order valence-electron chi connectivity index (χ2n) is 4.85. The molecule has 0 bridgehead atoms. The maximum atomic E-state index is 13.6. The fourth-order valence-electron chi connectivity index (χ4n) is 1.92. The van der Waals surface area contributed by atoms with Gasteiger partial charge in [0, 0.05) is 22.1 Å². The molecule has 0 spiro atoms. The van der Waals surface area contributed by atoms with E-state index in [2.05, 4.69) is 21.2 Å². The predicted molar refractivity (Wildman–Crippen MR) is 85.5 cm³/mol. The first-order valence-corrected chi connectivity index (χ1v) is 7.58. The van der Waals surface area contributed by atoms with Crippen molar-refractivity contribution in [1.82, 2.24) is 5.32 Å². The molecular formula is C16H16BrClFN. The summed E-state index contributed by atoms with van der Waals surface area (Å²) in [7, 11) is 0. The minimum Gasteiger partial charge on any atom is -0.306 e. The summed E-state index contributed by atoms with van der Waals surface area (Å²) in [6.45, 7) is 4.42. The maximum Gasteiger partial charge on any atom is 0.126 e. The van der Waals surface area contributed by atoms with Gasteiger partial charge in [0.05, 0.1) is 0 Å². The molecule has 0 heterocycles. The van der Waals surface area contributed by atoms with E-state index in [4.69, 9.17) is 11.6 Å². The molecule has 2 aromatic rings. The van der Waals surface area contributed by atoms with Crippen molar-refractivity contribution < 1.29 is 4.39 Å². The molecule has 0 amide bonds. The van der Waals surface area contributed by atoms with Crippen LogP contribution < -0.4 is 5.32 Å². The lowest BCUT2D eigenvalue weighted by atomic mass is 10.1. The van der Waals surface area contributed by atoms with Crippen molar-refractivity contribution in [3.8, 4) is 0 Å². The smallest absolute Gasteiger partial charge is 0.126 e. The highest BCUT2D eigenvalue weighted by Crippen LogP contribution is 2.22. The van der Waals surface area contributed by atoms with E-state index in [1.54, 1.807) is 19.1 Å². The molecule has 0 aliphatic carbocycles. The summed E-state index contributed by atoms with van der Waals surface area (Å²) < 4.78 is 14.5. The first-order valence-electron chi connectivity index (χ1n) is 6.40. The minimum atomic E-state index is -0.169. The molecule has 0 radical (unpaired) electrons. The third-order valence-corrected chi connectivity index (χ3v) is 4.15. The fraction of sp³-hybridized carbons (Fsp3) is 0.250. The Morgan fingerprint density at radius 3 is 2.65 bits per heavy atom. The Kier molecular flexibility index (Phi) is 5.19. The van der Waals surface area contributed by atoms with Crippen molar-refractivity contribution in [3.63, 3.8) is 0 Å². The molecule has 0 fully saturated rings. The van der Waals surface area contributed by atoms with E-state index < -0.39 is 0 Å². The van der Waals surface area contributed by atoms with Crippen molar-refractivity contribution in [1.29, 1.82) is 0 Å². The van der Waals surface area contributed by atoms with Crippen molar-refractivity contribution in [2.45, 2.75) is 26.4 Å². The van der Waals surface area contributed by atoms with Crippen LogP contribution in [-0.4, -0.2) is 0 Å². The van der Waals surface area contributed by atoms with Crippen molar-refractivity contribution in [2.75, 3.05) is 0 Å². The van der Waals surface area contributed by atoms with E-state index in [0.717, 1.165) is 15.6 Å². The van der Waals surface area contributed by atoms with E-state index in [9.17, 15) is 4.39 Å². The van der Waals surface area contributed by atoms with Crippen LogP contribution in [0.4, 0.5) is 4.39 Å². The lowest BCUT2D eigenvalue weighted by Crippen LogP contribution is -2.18. The Bertz CT molecular complexity index is 615. The van der Waals surface area contributed by atoms with Gasteiger partial charge >= 0.3 is 0 Å². The van der Waals surface area contributed by atoms with Crippen LogP contribution in [0, 0.1) is 12.7 Å². The largest absolute Gasteiger partial charge is 0.306 e. The molecule has 2 rings (SSSR count). The van der Waals surface area contributed by atoms with Crippen LogP contribution in [0.15, 0.2) is 40.9 Å². The van der Waals surface area contributed by atoms with Crippen LogP contribution in [0.5, 0.6) is 0 Å². The standard InChI is InChI=1S/C16H16BrClFN/c1-10-3-4-12(7-16(10)19)11(2)20-9-13-5-6-14(17)8-15(13)18/h3-8,11,20H,9H2,1-2H3. The van der Waals surface area contributed by atoms with Crippen LogP contribution in [0.2, 0.25) is 5.02 Å². The van der Waals surface area contributed by atoms with E-state index in [1.807, 2.05) is 31.2 Å². The van der Waals surface area contributed by atoms with Crippen LogP contribution in [0.3, 0.4) is 0 Å². The Balaban J connectivity index is 2.04. The van der Waals surface area contributed by atoms with Gasteiger partial charge < -0.3 is 5.32 Å². The third kappa shape index (κ3) is 3.81. The molecule has 0 saturated heterocycles. The van der Waals surface area contributed by atoms with Gasteiger partial charge in [-0.1, -0.05) is 45.7 Å². The molecule has 4 heteroatoms. The van der Waals surface area contributed by atoms with Crippen molar-refractivity contribution in [2.24, 2.45) is 0 Å². The van der Waals surface area contributed by atoms with E-state index in [1.165, 1.54) is 0 Å². The Morgan fingerprint density at radius 1 is 1.25 bits per heavy atom. The maximum absolute atomic E-state index is 13.6. The quantitative estimate of drug-likeness (QED) is 0.773. The monoisotopic (exact) mass is 355 g/mol. The highest BCUT2D eigenvalue weighted by molar-refractivity contribution is 9.10. The molecule has 0 aliphatic heterocycles. The summed E-state index contributed by atoms with van der Waals surface area (Å²) in [5.74, 6) is -0.169. The van der Waals surface area contributed by atoms with Gasteiger partial charge in [0.2, 0.25) is 0 Å². The predicted octanol–water partition coefficient (Wildman–Crippen LogP) is 5.40. The highest BCUT2D eigenvalue weighted by Gasteiger charge is 2.08. The number of halogens is 3. The number of rotatable bonds is 4. The van der Waals surface area contributed by atoms with Crippen LogP contribution >= 0.6 is 27.5 Å². The molecule has 1 unspecified atom stereocenters. The summed E-state index contributed by atoms with van der Waals surface area (Å²) >= 11 is 9.56. The average Bonchev–Trinajstić information content (AvgIpc) is 2.40. The van der Waals surface area contributed by atoms with Gasteiger partial charge in [-0.05, 0) is 48.7 Å². The molecule has 2 aromatic carbocycles. The highest BCUT2D eigenvalue weighted by atomic mass is 79.9. The first-order chi connectivity index (χ1) is 9.47. The average molecular weight is 357 g/mol. The summed E-state index contributed by atoms with van der Waals surface area (Å²) in [5.41, 5.74) is 2.62. The topological polar surface area (TPSA) is 12.0 Å². The SMILES string of the molecule is Cc1ccc(C(C)NCc2ccc(Br)cc2Cl)cc1F. The van der Waals surface area contributed by atoms with Gasteiger partial charge in [0.25, 0.3) is 0 Å². The fourth-order valence-corrected chi connectivity index (χ4v) is 2.66. The molecule has 0 aromatic heterocycles. The van der Waals surface area contributed by atoms with Crippen molar-refractivity contribution in [3.05, 3.63) is 68.4 Å². The van der Waals surface area contributed by atoms with E-state index in [-0.39, 0.29) is 11.9 Å². The lowest BCUT2D eigenvalue weighted by molar-refractivity contribution is 0.563. The van der Waals surface area contributed by atoms with Gasteiger partial charge in [-0.25, -0.2) is 4.39 Å². The summed E-state index contributed by atoms with van der Waals surface area (Å²) in [6.07, 6.45) is 0. The molecule has 1 atom stereocenters. The molecule has 20 heavy (non-hydrogen) atoms. The number of nitrogens with one attached hydrogen (secondary N) is 1. The zero-order valence-corrected chi connectivity index (χ0v) is 13.7. The van der Waals surface area contributed by atoms with Crippen molar-refractivity contribution >= 4 is 27.5 Å². The molecule has 106 valence electrons. The zero-order valence-electron chi connectivity index (χ0n) is 11.4. The molecule has 0 aliphatic rings. The second kappa shape index (κ2) is 6.70.